The van der Waals surface area contributed by atoms with Gasteiger partial charge in [0.2, 0.25) is 0 Å². The van der Waals surface area contributed by atoms with Crippen LogP contribution in [0.5, 0.6) is 5.75 Å². The van der Waals surface area contributed by atoms with E-state index in [1.54, 1.807) is 36.4 Å². The number of aryl methyl sites for hydroxylation is 1. The third-order valence-corrected chi connectivity index (χ3v) is 4.18. The molecule has 28 heavy (non-hydrogen) atoms. The number of hydrogen-bond acceptors (Lipinski definition) is 4. The summed E-state index contributed by atoms with van der Waals surface area (Å²) >= 11 is 0. The number of carbonyl (C=O) groups is 1. The molecular formula is C23H25FO4. The molecule has 1 N–H and O–H groups in total. The van der Waals surface area contributed by atoms with E-state index in [2.05, 4.69) is 13.5 Å². The number of ether oxygens (including phenoxy) is 2. The molecule has 0 aliphatic heterocycles. The number of hydrogen-bond donors (Lipinski definition) is 1. The molecule has 2 rings (SSSR count). The maximum absolute atomic E-state index is 14.4. The first-order valence-corrected chi connectivity index (χ1v) is 9.25. The molecule has 4 nitrogen and oxygen atoms in total. The SMILES string of the molecule is C=C(CO)C(=O)O/C=C\Oc1ccc(-c2ccc(CCCCC)cc2F)cc1. The average molecular weight is 384 g/mol. The normalized spacial score (nSPS) is 10.8. The van der Waals surface area contributed by atoms with Crippen LogP contribution < -0.4 is 4.74 Å². The van der Waals surface area contributed by atoms with Crippen molar-refractivity contribution in [2.24, 2.45) is 0 Å². The zero-order chi connectivity index (χ0) is 20.4. The van der Waals surface area contributed by atoms with Gasteiger partial charge in [-0.15, -0.1) is 0 Å². The lowest BCUT2D eigenvalue weighted by atomic mass is 10.0. The molecule has 5 heteroatoms. The van der Waals surface area contributed by atoms with Crippen LogP contribution in [0.15, 0.2) is 67.1 Å². The number of aliphatic hydroxyl groups is 1. The van der Waals surface area contributed by atoms with Crippen LogP contribution in [0.2, 0.25) is 0 Å². The first-order valence-electron chi connectivity index (χ1n) is 9.25. The fourth-order valence-corrected chi connectivity index (χ4v) is 2.58. The van der Waals surface area contributed by atoms with Crippen LogP contribution in [-0.2, 0) is 16.0 Å². The van der Waals surface area contributed by atoms with Crippen molar-refractivity contribution in [1.29, 1.82) is 0 Å². The molecule has 0 spiro atoms. The van der Waals surface area contributed by atoms with Crippen molar-refractivity contribution >= 4 is 5.97 Å². The number of halogens is 1. The summed E-state index contributed by atoms with van der Waals surface area (Å²) in [6, 6.07) is 12.3. The Hall–Kier alpha value is -2.92. The van der Waals surface area contributed by atoms with Gasteiger partial charge in [-0.05, 0) is 42.2 Å². The van der Waals surface area contributed by atoms with Gasteiger partial charge in [0.05, 0.1) is 12.2 Å². The van der Waals surface area contributed by atoms with Crippen LogP contribution in [0.4, 0.5) is 4.39 Å². The van der Waals surface area contributed by atoms with E-state index in [1.807, 2.05) is 6.07 Å². The third kappa shape index (κ3) is 6.35. The van der Waals surface area contributed by atoms with Crippen LogP contribution in [0, 0.1) is 5.82 Å². The fraction of sp³-hybridized carbons (Fsp3) is 0.261. The lowest BCUT2D eigenvalue weighted by molar-refractivity contribution is -0.134. The molecule has 0 aliphatic rings. The lowest BCUT2D eigenvalue weighted by Gasteiger charge is -2.08. The minimum Gasteiger partial charge on any atom is -0.462 e. The Labute approximate surface area is 164 Å². The molecule has 0 unspecified atom stereocenters. The minimum atomic E-state index is -0.730. The predicted molar refractivity (Wildman–Crippen MR) is 107 cm³/mol. The molecule has 148 valence electrons. The molecule has 0 fully saturated rings. The van der Waals surface area contributed by atoms with Gasteiger partial charge in [0.15, 0.2) is 0 Å². The van der Waals surface area contributed by atoms with Crippen molar-refractivity contribution in [1.82, 2.24) is 0 Å². The molecule has 0 radical (unpaired) electrons. The predicted octanol–water partition coefficient (Wildman–Crippen LogP) is 5.17. The van der Waals surface area contributed by atoms with Gasteiger partial charge in [0.25, 0.3) is 0 Å². The number of esters is 1. The highest BCUT2D eigenvalue weighted by Crippen LogP contribution is 2.26. The molecular weight excluding hydrogens is 359 g/mol. The Kier molecular flexibility index (Phi) is 8.43. The van der Waals surface area contributed by atoms with E-state index in [1.165, 1.54) is 6.26 Å². The molecule has 0 heterocycles. The second kappa shape index (κ2) is 11.0. The van der Waals surface area contributed by atoms with E-state index in [0.29, 0.717) is 11.3 Å². The first-order chi connectivity index (χ1) is 13.5. The first kappa shape index (κ1) is 21.4. The average Bonchev–Trinajstić information content (AvgIpc) is 2.71. The number of unbranched alkanes of at least 4 members (excludes halogenated alkanes) is 2. The van der Waals surface area contributed by atoms with Gasteiger partial charge >= 0.3 is 5.97 Å². The summed E-state index contributed by atoms with van der Waals surface area (Å²) < 4.78 is 24.5. The zero-order valence-corrected chi connectivity index (χ0v) is 16.0. The monoisotopic (exact) mass is 384 g/mol. The number of benzene rings is 2. The molecule has 0 bridgehead atoms. The van der Waals surface area contributed by atoms with E-state index in [4.69, 9.17) is 14.6 Å². The van der Waals surface area contributed by atoms with Crippen LogP contribution in [0.3, 0.4) is 0 Å². The summed E-state index contributed by atoms with van der Waals surface area (Å²) in [5, 5.41) is 8.76. The topological polar surface area (TPSA) is 55.8 Å². The second-order valence-corrected chi connectivity index (χ2v) is 6.35. The van der Waals surface area contributed by atoms with E-state index in [9.17, 15) is 9.18 Å². The van der Waals surface area contributed by atoms with Crippen molar-refractivity contribution in [3.8, 4) is 16.9 Å². The summed E-state index contributed by atoms with van der Waals surface area (Å²) in [5.41, 5.74) is 2.25. The Morgan fingerprint density at radius 3 is 2.54 bits per heavy atom. The summed E-state index contributed by atoms with van der Waals surface area (Å²) in [6.45, 7) is 5.03. The van der Waals surface area contributed by atoms with Gasteiger partial charge in [-0.25, -0.2) is 9.18 Å². The van der Waals surface area contributed by atoms with Gasteiger partial charge in [0, 0.05) is 5.56 Å². The van der Waals surface area contributed by atoms with Crippen LogP contribution in [0.25, 0.3) is 11.1 Å². The number of rotatable bonds is 10. The summed E-state index contributed by atoms with van der Waals surface area (Å²) in [7, 11) is 0. The highest BCUT2D eigenvalue weighted by atomic mass is 19.1. The van der Waals surface area contributed by atoms with Crippen LogP contribution in [-0.4, -0.2) is 17.7 Å². The van der Waals surface area contributed by atoms with Gasteiger partial charge in [-0.1, -0.05) is 50.6 Å². The Morgan fingerprint density at radius 1 is 1.14 bits per heavy atom. The van der Waals surface area contributed by atoms with E-state index in [-0.39, 0.29) is 11.4 Å². The largest absolute Gasteiger partial charge is 0.462 e. The number of aliphatic hydroxyl groups excluding tert-OH is 1. The highest BCUT2D eigenvalue weighted by molar-refractivity contribution is 5.88. The Bertz CT molecular complexity index is 825. The van der Waals surface area contributed by atoms with E-state index in [0.717, 1.165) is 43.1 Å². The van der Waals surface area contributed by atoms with Crippen LogP contribution in [0.1, 0.15) is 31.7 Å². The second-order valence-electron chi connectivity index (χ2n) is 6.35. The lowest BCUT2D eigenvalue weighted by Crippen LogP contribution is -2.06. The van der Waals surface area contributed by atoms with Crippen molar-refractivity contribution < 1.29 is 23.8 Å². The molecule has 0 aromatic heterocycles. The molecule has 0 amide bonds. The van der Waals surface area contributed by atoms with Gasteiger partial charge in [0.1, 0.15) is 24.1 Å². The summed E-state index contributed by atoms with van der Waals surface area (Å²) in [5.74, 6) is -0.460. The maximum atomic E-state index is 14.4. The number of carbonyl (C=O) groups excluding carboxylic acids is 1. The minimum absolute atomic E-state index is 0.0487. The molecule has 0 atom stereocenters. The van der Waals surface area contributed by atoms with Crippen molar-refractivity contribution in [3.63, 3.8) is 0 Å². The standard InChI is InChI=1S/C23H25FO4/c1-3-4-5-6-18-7-12-21(22(24)15-18)19-8-10-20(11-9-19)27-13-14-28-23(26)17(2)16-25/h7-15,25H,2-6,16H2,1H3/b14-13-. The Balaban J connectivity index is 1.95. The van der Waals surface area contributed by atoms with E-state index >= 15 is 0 Å². The van der Waals surface area contributed by atoms with Gasteiger partial charge < -0.3 is 14.6 Å². The zero-order valence-electron chi connectivity index (χ0n) is 16.0. The summed E-state index contributed by atoms with van der Waals surface area (Å²) in [4.78, 5) is 11.3. The van der Waals surface area contributed by atoms with Gasteiger partial charge in [-0.2, -0.15) is 0 Å². The molecule has 2 aromatic carbocycles. The van der Waals surface area contributed by atoms with E-state index < -0.39 is 12.6 Å². The quantitative estimate of drug-likeness (QED) is 0.266. The molecule has 0 saturated heterocycles. The highest BCUT2D eigenvalue weighted by Gasteiger charge is 2.07. The van der Waals surface area contributed by atoms with Crippen molar-refractivity contribution in [2.45, 2.75) is 32.6 Å². The third-order valence-electron chi connectivity index (χ3n) is 4.18. The molecule has 0 aliphatic carbocycles. The maximum Gasteiger partial charge on any atom is 0.340 e. The smallest absolute Gasteiger partial charge is 0.340 e. The van der Waals surface area contributed by atoms with Gasteiger partial charge in [-0.3, -0.25) is 0 Å². The fourth-order valence-electron chi connectivity index (χ4n) is 2.58. The molecule has 2 aromatic rings. The Morgan fingerprint density at radius 2 is 1.89 bits per heavy atom. The van der Waals surface area contributed by atoms with Crippen molar-refractivity contribution in [3.05, 3.63) is 78.5 Å². The summed E-state index contributed by atoms with van der Waals surface area (Å²) in [6.07, 6.45) is 6.51. The van der Waals surface area contributed by atoms with Crippen LogP contribution >= 0.6 is 0 Å². The molecule has 0 saturated carbocycles. The van der Waals surface area contributed by atoms with Crippen molar-refractivity contribution in [2.75, 3.05) is 6.61 Å².